The van der Waals surface area contributed by atoms with Gasteiger partial charge < -0.3 is 26.0 Å². The van der Waals surface area contributed by atoms with Crippen molar-refractivity contribution in [1.29, 1.82) is 0 Å². The molecular weight excluding hydrogens is 660 g/mol. The van der Waals surface area contributed by atoms with Crippen LogP contribution in [-0.2, 0) is 20.7 Å². The number of nitrogens with one attached hydrogen (secondary N) is 5. The maximum atomic E-state index is 13.7. The van der Waals surface area contributed by atoms with Gasteiger partial charge in [0.05, 0.1) is 0 Å². The quantitative estimate of drug-likeness (QED) is 0.130. The number of rotatable bonds is 12. The zero-order chi connectivity index (χ0) is 36.7. The number of tetrazole rings is 1. The average Bonchev–Trinajstić information content (AvgIpc) is 3.78. The number of hydrogen-bond donors (Lipinski definition) is 5. The molecule has 2 aliphatic carbocycles. The van der Waals surface area contributed by atoms with Gasteiger partial charge in [0.25, 0.3) is 5.91 Å². The van der Waals surface area contributed by atoms with Crippen LogP contribution in [0.4, 0.5) is 10.5 Å². The lowest BCUT2D eigenvalue weighted by Crippen LogP contribution is -2.48. The number of carbonyl (C=O) groups excluding carboxylic acids is 4. The highest BCUT2D eigenvalue weighted by molar-refractivity contribution is 5.98. The van der Waals surface area contributed by atoms with E-state index in [1.807, 2.05) is 69.3 Å². The minimum absolute atomic E-state index is 0.0538. The van der Waals surface area contributed by atoms with Crippen molar-refractivity contribution in [2.75, 3.05) is 11.9 Å². The number of amides is 4. The first kappa shape index (κ1) is 36.2. The molecule has 272 valence electrons. The summed E-state index contributed by atoms with van der Waals surface area (Å²) in [6, 6.07) is 21.9. The van der Waals surface area contributed by atoms with Gasteiger partial charge in [0.2, 0.25) is 17.6 Å². The molecule has 2 saturated carbocycles. The third-order valence-corrected chi connectivity index (χ3v) is 9.33. The monoisotopic (exact) mass is 706 g/mol. The number of H-pyrrole nitrogens is 1. The van der Waals surface area contributed by atoms with Crippen molar-refractivity contribution in [1.82, 2.24) is 36.6 Å². The van der Waals surface area contributed by atoms with Crippen molar-refractivity contribution in [3.05, 3.63) is 83.9 Å². The topological polar surface area (TPSA) is 180 Å². The molecule has 6 rings (SSSR count). The number of ether oxygens (including phenoxy) is 1. The van der Waals surface area contributed by atoms with Gasteiger partial charge in [0.1, 0.15) is 11.6 Å². The van der Waals surface area contributed by atoms with Gasteiger partial charge >= 0.3 is 6.09 Å². The van der Waals surface area contributed by atoms with E-state index < -0.39 is 17.7 Å². The molecule has 1 aromatic heterocycles. The van der Waals surface area contributed by atoms with Gasteiger partial charge in [0.15, 0.2) is 0 Å². The number of aromatic nitrogens is 4. The van der Waals surface area contributed by atoms with Crippen LogP contribution in [0.1, 0.15) is 75.2 Å². The summed E-state index contributed by atoms with van der Waals surface area (Å²) >= 11 is 0. The van der Waals surface area contributed by atoms with E-state index >= 15 is 0 Å². The smallest absolute Gasteiger partial charge is 0.407 e. The summed E-state index contributed by atoms with van der Waals surface area (Å²) in [6.45, 7) is 5.97. The number of benzene rings is 3. The number of nitrogens with zero attached hydrogens (tertiary/aromatic N) is 3. The Morgan fingerprint density at radius 3 is 2.06 bits per heavy atom. The van der Waals surface area contributed by atoms with Gasteiger partial charge in [0, 0.05) is 41.7 Å². The lowest BCUT2D eigenvalue weighted by atomic mass is 9.81. The lowest BCUT2D eigenvalue weighted by molar-refractivity contribution is -0.130. The van der Waals surface area contributed by atoms with Crippen molar-refractivity contribution >= 4 is 29.5 Å². The Labute approximate surface area is 303 Å². The van der Waals surface area contributed by atoms with Gasteiger partial charge in [-0.1, -0.05) is 36.4 Å². The summed E-state index contributed by atoms with van der Waals surface area (Å²) in [5.41, 5.74) is 4.20. The molecule has 13 nitrogen and oxygen atoms in total. The Balaban J connectivity index is 1.09. The first-order valence-corrected chi connectivity index (χ1v) is 17.9. The molecule has 0 radical (unpaired) electrons. The van der Waals surface area contributed by atoms with E-state index in [2.05, 4.69) is 41.9 Å². The van der Waals surface area contributed by atoms with E-state index in [1.54, 1.807) is 24.3 Å². The van der Waals surface area contributed by atoms with Gasteiger partial charge in [-0.2, -0.15) is 5.21 Å². The van der Waals surface area contributed by atoms with Crippen molar-refractivity contribution in [3.8, 4) is 22.5 Å². The lowest BCUT2D eigenvalue weighted by Gasteiger charge is -2.29. The van der Waals surface area contributed by atoms with Gasteiger partial charge in [-0.25, -0.2) is 4.79 Å². The molecule has 2 fully saturated rings. The molecule has 0 saturated heterocycles. The van der Waals surface area contributed by atoms with Crippen LogP contribution < -0.4 is 21.3 Å². The van der Waals surface area contributed by atoms with Crippen molar-refractivity contribution in [2.24, 2.45) is 11.8 Å². The van der Waals surface area contributed by atoms with Crippen LogP contribution in [0.5, 0.6) is 0 Å². The molecule has 4 amide bonds. The van der Waals surface area contributed by atoms with Crippen LogP contribution in [0.25, 0.3) is 22.5 Å². The third-order valence-electron chi connectivity index (χ3n) is 9.33. The van der Waals surface area contributed by atoms with Crippen LogP contribution in [0.3, 0.4) is 0 Å². The predicted octanol–water partition coefficient (Wildman–Crippen LogP) is 5.42. The minimum atomic E-state index is -0.828. The second kappa shape index (κ2) is 16.2. The summed E-state index contributed by atoms with van der Waals surface area (Å²) in [4.78, 5) is 51.9. The Morgan fingerprint density at radius 2 is 1.46 bits per heavy atom. The maximum absolute atomic E-state index is 13.7. The first-order valence-electron chi connectivity index (χ1n) is 17.9. The maximum Gasteiger partial charge on any atom is 0.407 e. The molecule has 0 bridgehead atoms. The fourth-order valence-corrected chi connectivity index (χ4v) is 6.26. The molecule has 4 aromatic rings. The molecule has 0 spiro atoms. The molecule has 13 heteroatoms. The number of hydrogen-bond acceptors (Lipinski definition) is 8. The molecule has 1 atom stereocenters. The summed E-state index contributed by atoms with van der Waals surface area (Å²) in [5.74, 6) is -0.0906. The number of alkyl carbamates (subject to hydrolysis) is 1. The zero-order valence-electron chi connectivity index (χ0n) is 29.8. The van der Waals surface area contributed by atoms with Crippen LogP contribution in [0.15, 0.2) is 72.8 Å². The fourth-order valence-electron chi connectivity index (χ4n) is 6.26. The highest BCUT2D eigenvalue weighted by atomic mass is 16.6. The average molecular weight is 707 g/mol. The van der Waals surface area contributed by atoms with Crippen molar-refractivity contribution in [2.45, 2.75) is 83.4 Å². The Kier molecular flexibility index (Phi) is 11.3. The summed E-state index contributed by atoms with van der Waals surface area (Å²) in [7, 11) is 0. The fraction of sp³-hybridized carbons (Fsp3) is 0.410. The van der Waals surface area contributed by atoms with E-state index in [1.165, 1.54) is 0 Å². The van der Waals surface area contributed by atoms with E-state index in [0.29, 0.717) is 42.5 Å². The largest absolute Gasteiger partial charge is 0.444 e. The molecule has 0 aliphatic heterocycles. The first-order chi connectivity index (χ1) is 25.0. The number of carbonyl (C=O) groups is 4. The molecule has 1 heterocycles. The van der Waals surface area contributed by atoms with Crippen LogP contribution in [-0.4, -0.2) is 68.7 Å². The Bertz CT molecular complexity index is 1830. The Hall–Kier alpha value is -5.59. The predicted molar refractivity (Wildman–Crippen MR) is 196 cm³/mol. The van der Waals surface area contributed by atoms with Gasteiger partial charge in [-0.3, -0.25) is 14.4 Å². The Morgan fingerprint density at radius 1 is 0.827 bits per heavy atom. The number of anilines is 1. The van der Waals surface area contributed by atoms with E-state index in [-0.39, 0.29) is 36.0 Å². The summed E-state index contributed by atoms with van der Waals surface area (Å²) in [5, 5.41) is 25.9. The zero-order valence-corrected chi connectivity index (χ0v) is 29.8. The standard InChI is InChI=1S/C39H46N8O5/c1-39(2,3)52-38(51)40-23-25-6-10-29(11-7-25)36(49)43-33(37(50)42-31-18-16-28(17-19-31)34-44-46-47-45-34)22-24-4-8-26(9-5-24)27-12-14-30(15-13-27)35(48)41-32-20-21-32/h4-5,8-9,12-19,25,29,32-33H,6-7,10-11,20-23H2,1-3H3,(H,40,51)(H,41,48)(H,42,50)(H,43,49)(H,44,45,46,47)/t25?,29?,33-/m0/s1. The molecule has 2 aliphatic rings. The minimum Gasteiger partial charge on any atom is -0.444 e. The molecule has 0 unspecified atom stereocenters. The second-order valence-corrected chi connectivity index (χ2v) is 14.7. The number of aromatic amines is 1. The summed E-state index contributed by atoms with van der Waals surface area (Å²) in [6.07, 6.45) is 4.81. The third kappa shape index (κ3) is 10.2. The molecule has 52 heavy (non-hydrogen) atoms. The normalized spacial score (nSPS) is 17.8. The van der Waals surface area contributed by atoms with E-state index in [0.717, 1.165) is 47.9 Å². The highest BCUT2D eigenvalue weighted by Crippen LogP contribution is 2.29. The molecular formula is C39H46N8O5. The van der Waals surface area contributed by atoms with Gasteiger partial charge in [-0.15, -0.1) is 10.2 Å². The van der Waals surface area contributed by atoms with Crippen molar-refractivity contribution in [3.63, 3.8) is 0 Å². The van der Waals surface area contributed by atoms with Gasteiger partial charge in [-0.05, 0) is 124 Å². The van der Waals surface area contributed by atoms with E-state index in [4.69, 9.17) is 4.74 Å². The highest BCUT2D eigenvalue weighted by Gasteiger charge is 2.30. The summed E-state index contributed by atoms with van der Waals surface area (Å²) < 4.78 is 5.35. The second-order valence-electron chi connectivity index (χ2n) is 14.7. The van der Waals surface area contributed by atoms with Crippen LogP contribution in [0, 0.1) is 11.8 Å². The van der Waals surface area contributed by atoms with Crippen molar-refractivity contribution < 1.29 is 23.9 Å². The molecule has 3 aromatic carbocycles. The van der Waals surface area contributed by atoms with Crippen LogP contribution >= 0.6 is 0 Å². The molecule has 5 N–H and O–H groups in total. The SMILES string of the molecule is CC(C)(C)OC(=O)NCC1CCC(C(=O)N[C@@H](Cc2ccc(-c3ccc(C(=O)NC4CC4)cc3)cc2)C(=O)Nc2ccc(-c3nn[nH]n3)cc2)CC1. The van der Waals surface area contributed by atoms with E-state index in [9.17, 15) is 19.2 Å². The van der Waals surface area contributed by atoms with Crippen LogP contribution in [0.2, 0.25) is 0 Å².